The lowest BCUT2D eigenvalue weighted by Crippen LogP contribution is -2.40. The van der Waals surface area contributed by atoms with E-state index in [1.807, 2.05) is 0 Å². The van der Waals surface area contributed by atoms with Gasteiger partial charge in [0.05, 0.1) is 5.41 Å². The van der Waals surface area contributed by atoms with Crippen molar-refractivity contribution in [2.75, 3.05) is 13.1 Å². The zero-order chi connectivity index (χ0) is 16.5. The van der Waals surface area contributed by atoms with E-state index in [1.165, 1.54) is 4.90 Å². The van der Waals surface area contributed by atoms with Gasteiger partial charge in [-0.05, 0) is 31.0 Å². The first-order chi connectivity index (χ1) is 10.2. The van der Waals surface area contributed by atoms with Gasteiger partial charge in [-0.15, -0.1) is 0 Å². The quantitative estimate of drug-likeness (QED) is 0.796. The monoisotopic (exact) mass is 376 g/mol. The minimum Gasteiger partial charge on any atom is -0.481 e. The fourth-order valence-electron chi connectivity index (χ4n) is 2.29. The van der Waals surface area contributed by atoms with Gasteiger partial charge in [-0.25, -0.2) is 13.6 Å². The average molecular weight is 377 g/mol. The Kier molecular flexibility index (Phi) is 4.69. The van der Waals surface area contributed by atoms with Crippen LogP contribution in [0.1, 0.15) is 18.9 Å². The van der Waals surface area contributed by atoms with Crippen LogP contribution >= 0.6 is 15.9 Å². The summed E-state index contributed by atoms with van der Waals surface area (Å²) in [5, 5.41) is 11.7. The van der Waals surface area contributed by atoms with Crippen molar-refractivity contribution in [2.24, 2.45) is 5.41 Å². The van der Waals surface area contributed by atoms with E-state index in [0.717, 1.165) is 12.1 Å². The van der Waals surface area contributed by atoms with E-state index in [-0.39, 0.29) is 13.1 Å². The Hall–Kier alpha value is -1.70. The standard InChI is InChI=1S/C14H15BrF2N2O3/c1-14(12(20)21)2-3-19(7-14)13(22)18-6-8-4-10(16)11(17)5-9(8)15/h4-5H,2-3,6-7H2,1H3,(H,18,22)(H,20,21). The van der Waals surface area contributed by atoms with Crippen molar-refractivity contribution in [3.05, 3.63) is 33.8 Å². The maximum atomic E-state index is 13.2. The number of nitrogens with one attached hydrogen (secondary N) is 1. The largest absolute Gasteiger partial charge is 0.481 e. The first-order valence-corrected chi connectivity index (χ1v) is 7.42. The maximum Gasteiger partial charge on any atom is 0.317 e. The number of nitrogens with zero attached hydrogens (tertiary/aromatic N) is 1. The predicted octanol–water partition coefficient (Wildman–Crippen LogP) is 2.73. The number of benzene rings is 1. The molecule has 0 radical (unpaired) electrons. The van der Waals surface area contributed by atoms with Crippen molar-refractivity contribution in [1.29, 1.82) is 0 Å². The van der Waals surface area contributed by atoms with Crippen molar-refractivity contribution in [3.63, 3.8) is 0 Å². The van der Waals surface area contributed by atoms with E-state index in [9.17, 15) is 18.4 Å². The molecular weight excluding hydrogens is 362 g/mol. The Labute approximate surface area is 134 Å². The van der Waals surface area contributed by atoms with Crippen LogP contribution < -0.4 is 5.32 Å². The molecule has 2 amide bonds. The van der Waals surface area contributed by atoms with Crippen LogP contribution in [0.5, 0.6) is 0 Å². The van der Waals surface area contributed by atoms with Gasteiger partial charge in [0.2, 0.25) is 0 Å². The number of halogens is 3. The number of amides is 2. The first-order valence-electron chi connectivity index (χ1n) is 6.62. The molecule has 1 heterocycles. The summed E-state index contributed by atoms with van der Waals surface area (Å²) in [6.07, 6.45) is 0.380. The zero-order valence-corrected chi connectivity index (χ0v) is 13.4. The molecule has 0 aromatic heterocycles. The third-order valence-corrected chi connectivity index (χ3v) is 4.53. The molecule has 22 heavy (non-hydrogen) atoms. The average Bonchev–Trinajstić information content (AvgIpc) is 2.85. The number of hydrogen-bond donors (Lipinski definition) is 2. The SMILES string of the molecule is CC1(C(=O)O)CCN(C(=O)NCc2cc(F)c(F)cc2Br)C1. The van der Waals surface area contributed by atoms with Crippen LogP contribution in [0.25, 0.3) is 0 Å². The Morgan fingerprint density at radius 1 is 1.41 bits per heavy atom. The van der Waals surface area contributed by atoms with Crippen LogP contribution in [0.3, 0.4) is 0 Å². The lowest BCUT2D eigenvalue weighted by Gasteiger charge is -2.20. The summed E-state index contributed by atoms with van der Waals surface area (Å²) < 4.78 is 26.6. The van der Waals surface area contributed by atoms with E-state index in [2.05, 4.69) is 21.2 Å². The number of hydrogen-bond acceptors (Lipinski definition) is 2. The number of carbonyl (C=O) groups is 2. The minimum atomic E-state index is -0.993. The molecule has 1 aliphatic heterocycles. The van der Waals surface area contributed by atoms with Gasteiger partial charge in [-0.1, -0.05) is 15.9 Å². The molecule has 0 saturated carbocycles. The number of carbonyl (C=O) groups excluding carboxylic acids is 1. The second-order valence-electron chi connectivity index (χ2n) is 5.55. The second kappa shape index (κ2) is 6.20. The normalized spacial score (nSPS) is 21.0. The van der Waals surface area contributed by atoms with E-state index in [1.54, 1.807) is 6.92 Å². The van der Waals surface area contributed by atoms with Crippen LogP contribution in [-0.4, -0.2) is 35.1 Å². The van der Waals surface area contributed by atoms with Gasteiger partial charge < -0.3 is 15.3 Å². The van der Waals surface area contributed by atoms with E-state index >= 15 is 0 Å². The molecule has 1 unspecified atom stereocenters. The molecule has 120 valence electrons. The number of carboxylic acid groups (broad SMARTS) is 1. The van der Waals surface area contributed by atoms with Gasteiger partial charge in [0.15, 0.2) is 11.6 Å². The Morgan fingerprint density at radius 3 is 2.64 bits per heavy atom. The highest BCUT2D eigenvalue weighted by atomic mass is 79.9. The van der Waals surface area contributed by atoms with Gasteiger partial charge in [0.1, 0.15) is 0 Å². The Bertz CT molecular complexity index is 626. The fraction of sp³-hybridized carbons (Fsp3) is 0.429. The highest BCUT2D eigenvalue weighted by Gasteiger charge is 2.42. The molecule has 2 N–H and O–H groups in total. The summed E-state index contributed by atoms with van der Waals surface area (Å²) in [7, 11) is 0. The van der Waals surface area contributed by atoms with Gasteiger partial charge in [-0.3, -0.25) is 4.79 Å². The van der Waals surface area contributed by atoms with E-state index < -0.39 is 29.0 Å². The van der Waals surface area contributed by atoms with Crippen LogP contribution in [-0.2, 0) is 11.3 Å². The van der Waals surface area contributed by atoms with E-state index in [4.69, 9.17) is 5.11 Å². The summed E-state index contributed by atoms with van der Waals surface area (Å²) >= 11 is 3.10. The highest BCUT2D eigenvalue weighted by Crippen LogP contribution is 2.30. The van der Waals surface area contributed by atoms with Crippen molar-refractivity contribution >= 4 is 27.9 Å². The molecule has 8 heteroatoms. The lowest BCUT2D eigenvalue weighted by molar-refractivity contribution is -0.147. The molecule has 5 nitrogen and oxygen atoms in total. The molecule has 0 bridgehead atoms. The van der Waals surface area contributed by atoms with Crippen LogP contribution in [0, 0.1) is 17.0 Å². The van der Waals surface area contributed by atoms with Crippen molar-refractivity contribution in [2.45, 2.75) is 19.9 Å². The lowest BCUT2D eigenvalue weighted by atomic mass is 9.90. The highest BCUT2D eigenvalue weighted by molar-refractivity contribution is 9.10. The molecule has 1 aromatic carbocycles. The molecule has 1 atom stereocenters. The third kappa shape index (κ3) is 3.37. The Balaban J connectivity index is 1.97. The fourth-order valence-corrected chi connectivity index (χ4v) is 2.75. The Morgan fingerprint density at radius 2 is 2.05 bits per heavy atom. The molecule has 1 saturated heterocycles. The number of rotatable bonds is 3. The van der Waals surface area contributed by atoms with Crippen LogP contribution in [0.15, 0.2) is 16.6 Å². The summed E-state index contributed by atoms with van der Waals surface area (Å²) in [5.74, 6) is -2.91. The van der Waals surface area contributed by atoms with Crippen LogP contribution in [0.2, 0.25) is 0 Å². The summed E-state index contributed by atoms with van der Waals surface area (Å²) in [5.41, 5.74) is -0.549. The second-order valence-corrected chi connectivity index (χ2v) is 6.41. The van der Waals surface area contributed by atoms with Crippen molar-refractivity contribution in [1.82, 2.24) is 10.2 Å². The topological polar surface area (TPSA) is 69.6 Å². The number of aliphatic carboxylic acids is 1. The number of urea groups is 1. The first kappa shape index (κ1) is 16.7. The summed E-state index contributed by atoms with van der Waals surface area (Å²) in [4.78, 5) is 24.6. The molecule has 0 spiro atoms. The molecule has 0 aliphatic carbocycles. The number of carboxylic acids is 1. The molecular formula is C14H15BrF2N2O3. The van der Waals surface area contributed by atoms with Gasteiger partial charge in [0.25, 0.3) is 0 Å². The third-order valence-electron chi connectivity index (χ3n) is 3.80. The van der Waals surface area contributed by atoms with Crippen molar-refractivity contribution in [3.8, 4) is 0 Å². The van der Waals surface area contributed by atoms with E-state index in [0.29, 0.717) is 23.0 Å². The molecule has 1 aliphatic rings. The molecule has 1 fully saturated rings. The number of likely N-dealkylation sites (tertiary alicyclic amines) is 1. The van der Waals surface area contributed by atoms with Crippen molar-refractivity contribution < 1.29 is 23.5 Å². The van der Waals surface area contributed by atoms with Crippen LogP contribution in [0.4, 0.5) is 13.6 Å². The zero-order valence-electron chi connectivity index (χ0n) is 11.8. The van der Waals surface area contributed by atoms with Gasteiger partial charge in [0, 0.05) is 24.1 Å². The van der Waals surface area contributed by atoms with Gasteiger partial charge in [-0.2, -0.15) is 0 Å². The smallest absolute Gasteiger partial charge is 0.317 e. The maximum absolute atomic E-state index is 13.2. The summed E-state index contributed by atoms with van der Waals surface area (Å²) in [6, 6.07) is 1.57. The predicted molar refractivity (Wildman–Crippen MR) is 78.2 cm³/mol. The minimum absolute atomic E-state index is 0.0108. The van der Waals surface area contributed by atoms with Gasteiger partial charge >= 0.3 is 12.0 Å². The molecule has 2 rings (SSSR count). The molecule has 1 aromatic rings. The summed E-state index contributed by atoms with van der Waals surface area (Å²) in [6.45, 7) is 2.06.